The maximum Gasteiger partial charge on any atom is 0.0804 e. The Balaban J connectivity index is 2.09. The fourth-order valence-electron chi connectivity index (χ4n) is 2.30. The van der Waals surface area contributed by atoms with Crippen LogP contribution in [-0.2, 0) is 4.74 Å². The molecule has 0 amide bonds. The lowest BCUT2D eigenvalue weighted by Gasteiger charge is -2.52. The van der Waals surface area contributed by atoms with Crippen LogP contribution in [0.2, 0.25) is 0 Å². The highest BCUT2D eigenvalue weighted by atomic mass is 16.5. The maximum absolute atomic E-state index is 9.21. The highest BCUT2D eigenvalue weighted by Crippen LogP contribution is 2.47. The largest absolute Gasteiger partial charge is 0.396 e. The summed E-state index contributed by atoms with van der Waals surface area (Å²) in [6.45, 7) is 1.61. The average molecular weight is 171 g/mol. The Morgan fingerprint density at radius 3 is 2.25 bits per heavy atom. The second kappa shape index (κ2) is 2.69. The van der Waals surface area contributed by atoms with E-state index in [-0.39, 0.29) is 17.6 Å². The highest BCUT2D eigenvalue weighted by molar-refractivity contribution is 4.99. The summed E-state index contributed by atoms with van der Waals surface area (Å²) in [4.78, 5) is 0. The summed E-state index contributed by atoms with van der Waals surface area (Å²) >= 11 is 0. The molecule has 3 rings (SSSR count). The zero-order chi connectivity index (χ0) is 8.66. The first-order valence-corrected chi connectivity index (χ1v) is 4.69. The van der Waals surface area contributed by atoms with Crippen molar-refractivity contribution in [3.05, 3.63) is 0 Å². The Labute approximate surface area is 72.9 Å². The minimum Gasteiger partial charge on any atom is -0.396 e. The normalized spacial score (nSPS) is 46.5. The molecule has 3 nitrogen and oxygen atoms in total. The first-order chi connectivity index (χ1) is 5.74. The molecule has 3 heteroatoms. The molecule has 1 saturated carbocycles. The summed E-state index contributed by atoms with van der Waals surface area (Å²) in [5.74, 6) is 0. The number of rotatable bonds is 2. The molecule has 0 atom stereocenters. The van der Waals surface area contributed by atoms with Gasteiger partial charge in [-0.15, -0.1) is 0 Å². The van der Waals surface area contributed by atoms with Crippen LogP contribution in [-0.4, -0.2) is 30.5 Å². The van der Waals surface area contributed by atoms with E-state index < -0.39 is 0 Å². The SMILES string of the molecule is NCC12CCC(CO)(CC1)CO2. The Bertz CT molecular complexity index is 137. The van der Waals surface area contributed by atoms with Crippen LogP contribution >= 0.6 is 0 Å². The van der Waals surface area contributed by atoms with Gasteiger partial charge in [0.05, 0.1) is 18.8 Å². The van der Waals surface area contributed by atoms with Gasteiger partial charge in [0.25, 0.3) is 0 Å². The van der Waals surface area contributed by atoms with Crippen molar-refractivity contribution in [2.45, 2.75) is 31.3 Å². The van der Waals surface area contributed by atoms with E-state index in [4.69, 9.17) is 10.5 Å². The molecule has 70 valence electrons. The van der Waals surface area contributed by atoms with Gasteiger partial charge in [-0.05, 0) is 25.7 Å². The molecular weight excluding hydrogens is 154 g/mol. The number of hydrogen-bond acceptors (Lipinski definition) is 3. The van der Waals surface area contributed by atoms with Crippen LogP contribution in [0.4, 0.5) is 0 Å². The van der Waals surface area contributed by atoms with Gasteiger partial charge in [0.15, 0.2) is 0 Å². The molecule has 0 aromatic heterocycles. The molecule has 0 unspecified atom stereocenters. The van der Waals surface area contributed by atoms with E-state index in [9.17, 15) is 5.11 Å². The van der Waals surface area contributed by atoms with E-state index in [1.807, 2.05) is 0 Å². The molecule has 2 heterocycles. The molecule has 3 N–H and O–H groups in total. The number of fused-ring (bicyclic) bond motifs is 3. The fraction of sp³-hybridized carbons (Fsp3) is 1.00. The molecule has 2 bridgehead atoms. The molecule has 0 aromatic carbocycles. The lowest BCUT2D eigenvalue weighted by molar-refractivity contribution is -0.188. The van der Waals surface area contributed by atoms with Crippen LogP contribution in [0.5, 0.6) is 0 Å². The topological polar surface area (TPSA) is 55.5 Å². The molecule has 0 radical (unpaired) electrons. The molecule has 2 saturated heterocycles. The van der Waals surface area contributed by atoms with Crippen molar-refractivity contribution in [1.29, 1.82) is 0 Å². The monoisotopic (exact) mass is 171 g/mol. The van der Waals surface area contributed by atoms with Crippen molar-refractivity contribution in [2.75, 3.05) is 19.8 Å². The minimum absolute atomic E-state index is 0.0308. The van der Waals surface area contributed by atoms with Crippen LogP contribution in [0.1, 0.15) is 25.7 Å². The van der Waals surface area contributed by atoms with Gasteiger partial charge in [-0.25, -0.2) is 0 Å². The number of nitrogens with two attached hydrogens (primary N) is 1. The lowest BCUT2D eigenvalue weighted by Crippen LogP contribution is -2.55. The van der Waals surface area contributed by atoms with Gasteiger partial charge < -0.3 is 15.6 Å². The number of ether oxygens (including phenoxy) is 1. The summed E-state index contributed by atoms with van der Waals surface area (Å²) in [6, 6.07) is 0. The fourth-order valence-corrected chi connectivity index (χ4v) is 2.30. The van der Waals surface area contributed by atoms with Crippen molar-refractivity contribution in [1.82, 2.24) is 0 Å². The molecule has 3 aliphatic rings. The van der Waals surface area contributed by atoms with Crippen molar-refractivity contribution in [3.8, 4) is 0 Å². The van der Waals surface area contributed by atoms with Crippen molar-refractivity contribution in [3.63, 3.8) is 0 Å². The number of aliphatic hydroxyl groups excluding tert-OH is 1. The van der Waals surface area contributed by atoms with Crippen LogP contribution in [0.3, 0.4) is 0 Å². The van der Waals surface area contributed by atoms with Crippen LogP contribution in [0, 0.1) is 5.41 Å². The van der Waals surface area contributed by atoms with Gasteiger partial charge in [-0.1, -0.05) is 0 Å². The number of aliphatic hydroxyl groups is 1. The zero-order valence-electron chi connectivity index (χ0n) is 7.38. The van der Waals surface area contributed by atoms with E-state index in [0.29, 0.717) is 13.2 Å². The second-order valence-corrected chi connectivity index (χ2v) is 4.33. The molecule has 0 aromatic rings. The van der Waals surface area contributed by atoms with Gasteiger partial charge in [0.1, 0.15) is 0 Å². The Morgan fingerprint density at radius 1 is 1.25 bits per heavy atom. The number of hydrogen-bond donors (Lipinski definition) is 2. The summed E-state index contributed by atoms with van der Waals surface area (Å²) in [5.41, 5.74) is 5.72. The van der Waals surface area contributed by atoms with E-state index in [0.717, 1.165) is 25.7 Å². The predicted molar refractivity (Wildman–Crippen MR) is 45.7 cm³/mol. The molecule has 12 heavy (non-hydrogen) atoms. The van der Waals surface area contributed by atoms with Gasteiger partial charge in [0, 0.05) is 12.0 Å². The third-order valence-electron chi connectivity index (χ3n) is 3.61. The standard InChI is InChI=1S/C9H17NO2/c10-5-9-3-1-8(6-11,2-4-9)7-12-9/h11H,1-7,10H2. The van der Waals surface area contributed by atoms with Crippen LogP contribution < -0.4 is 5.73 Å². The van der Waals surface area contributed by atoms with Crippen molar-refractivity contribution < 1.29 is 9.84 Å². The van der Waals surface area contributed by atoms with Crippen LogP contribution in [0.25, 0.3) is 0 Å². The van der Waals surface area contributed by atoms with E-state index in [2.05, 4.69) is 0 Å². The predicted octanol–water partition coefficient (Wildman–Crippen LogP) is 0.267. The summed E-state index contributed by atoms with van der Waals surface area (Å²) in [7, 11) is 0. The minimum atomic E-state index is -0.0308. The summed E-state index contributed by atoms with van der Waals surface area (Å²) < 4.78 is 5.72. The molecule has 1 aliphatic carbocycles. The summed E-state index contributed by atoms with van der Waals surface area (Å²) in [5, 5.41) is 9.21. The van der Waals surface area contributed by atoms with Gasteiger partial charge in [-0.3, -0.25) is 0 Å². The van der Waals surface area contributed by atoms with E-state index in [1.54, 1.807) is 0 Å². The Kier molecular flexibility index (Phi) is 1.90. The average Bonchev–Trinajstić information content (AvgIpc) is 2.21. The molecule has 2 aliphatic heterocycles. The van der Waals surface area contributed by atoms with Gasteiger partial charge >= 0.3 is 0 Å². The van der Waals surface area contributed by atoms with Crippen molar-refractivity contribution in [2.24, 2.45) is 11.1 Å². The summed E-state index contributed by atoms with van der Waals surface area (Å²) in [6.07, 6.45) is 4.23. The third-order valence-corrected chi connectivity index (χ3v) is 3.61. The lowest BCUT2D eigenvalue weighted by atomic mass is 9.66. The zero-order valence-corrected chi connectivity index (χ0v) is 7.38. The van der Waals surface area contributed by atoms with E-state index >= 15 is 0 Å². The van der Waals surface area contributed by atoms with Gasteiger partial charge in [0.2, 0.25) is 0 Å². The Morgan fingerprint density at radius 2 is 1.92 bits per heavy atom. The quantitative estimate of drug-likeness (QED) is 0.627. The third kappa shape index (κ3) is 1.08. The van der Waals surface area contributed by atoms with Gasteiger partial charge in [-0.2, -0.15) is 0 Å². The molecular formula is C9H17NO2. The smallest absolute Gasteiger partial charge is 0.0804 e. The van der Waals surface area contributed by atoms with Crippen LogP contribution in [0.15, 0.2) is 0 Å². The van der Waals surface area contributed by atoms with Crippen molar-refractivity contribution >= 4 is 0 Å². The molecule has 0 spiro atoms. The Hall–Kier alpha value is -0.120. The first kappa shape index (κ1) is 8.48. The molecule has 3 fully saturated rings. The maximum atomic E-state index is 9.21. The highest BCUT2D eigenvalue weighted by Gasteiger charge is 2.48. The van der Waals surface area contributed by atoms with E-state index in [1.165, 1.54) is 0 Å². The second-order valence-electron chi connectivity index (χ2n) is 4.33. The first-order valence-electron chi connectivity index (χ1n) is 4.69.